The minimum absolute atomic E-state index is 0.0523. The van der Waals surface area contributed by atoms with Crippen molar-refractivity contribution in [2.45, 2.75) is 44.4 Å². The number of morpholine rings is 1. The molecule has 3 unspecified atom stereocenters. The first kappa shape index (κ1) is 12.5. The number of aryl methyl sites for hydroxylation is 1. The van der Waals surface area contributed by atoms with Crippen LogP contribution in [0.5, 0.6) is 0 Å². The Kier molecular flexibility index (Phi) is 3.66. The highest BCUT2D eigenvalue weighted by Gasteiger charge is 2.35. The summed E-state index contributed by atoms with van der Waals surface area (Å²) in [5.41, 5.74) is 1.03. The molecule has 5 heteroatoms. The maximum atomic E-state index is 10.3. The molecule has 3 atom stereocenters. The SMILES string of the molecule is Cc1csc(CC(O)C2CN3CCCC3CO2)n1. The fourth-order valence-corrected chi connectivity index (χ4v) is 3.71. The maximum absolute atomic E-state index is 10.3. The van der Waals surface area contributed by atoms with Crippen molar-refractivity contribution in [2.24, 2.45) is 0 Å². The molecule has 18 heavy (non-hydrogen) atoms. The standard InChI is InChI=1S/C13H20N2O2S/c1-9-8-18-13(14-9)5-11(16)12-6-15-4-2-3-10(15)7-17-12/h8,10-12,16H,2-7H2,1H3. The predicted octanol–water partition coefficient (Wildman–Crippen LogP) is 1.22. The zero-order chi connectivity index (χ0) is 12.5. The highest BCUT2D eigenvalue weighted by Crippen LogP contribution is 2.25. The van der Waals surface area contributed by atoms with Crippen molar-refractivity contribution < 1.29 is 9.84 Å². The number of nitrogens with zero attached hydrogens (tertiary/aromatic N) is 2. The largest absolute Gasteiger partial charge is 0.390 e. The van der Waals surface area contributed by atoms with Gasteiger partial charge in [-0.15, -0.1) is 11.3 Å². The van der Waals surface area contributed by atoms with Crippen molar-refractivity contribution in [2.75, 3.05) is 19.7 Å². The molecule has 2 fully saturated rings. The van der Waals surface area contributed by atoms with Gasteiger partial charge in [0.2, 0.25) is 0 Å². The first-order valence-corrected chi connectivity index (χ1v) is 7.55. The molecule has 0 aromatic carbocycles. The number of hydrogen-bond acceptors (Lipinski definition) is 5. The van der Waals surface area contributed by atoms with Crippen LogP contribution in [-0.4, -0.2) is 52.9 Å². The van der Waals surface area contributed by atoms with Crippen molar-refractivity contribution in [1.29, 1.82) is 0 Å². The van der Waals surface area contributed by atoms with Gasteiger partial charge in [0, 0.05) is 30.1 Å². The molecule has 0 bridgehead atoms. The van der Waals surface area contributed by atoms with Crippen LogP contribution in [0.2, 0.25) is 0 Å². The third-order valence-corrected chi connectivity index (χ3v) is 4.88. The van der Waals surface area contributed by atoms with Gasteiger partial charge in [-0.25, -0.2) is 4.98 Å². The molecule has 0 spiro atoms. The van der Waals surface area contributed by atoms with Gasteiger partial charge in [-0.1, -0.05) is 0 Å². The van der Waals surface area contributed by atoms with E-state index in [9.17, 15) is 5.11 Å². The molecule has 1 N–H and O–H groups in total. The summed E-state index contributed by atoms with van der Waals surface area (Å²) < 4.78 is 5.82. The van der Waals surface area contributed by atoms with E-state index in [1.807, 2.05) is 12.3 Å². The lowest BCUT2D eigenvalue weighted by Gasteiger charge is -2.37. The van der Waals surface area contributed by atoms with Crippen LogP contribution in [0.3, 0.4) is 0 Å². The van der Waals surface area contributed by atoms with Crippen LogP contribution in [0, 0.1) is 6.92 Å². The Labute approximate surface area is 112 Å². The Bertz CT molecular complexity index is 409. The van der Waals surface area contributed by atoms with E-state index in [1.54, 1.807) is 11.3 Å². The summed E-state index contributed by atoms with van der Waals surface area (Å²) in [6, 6.07) is 0.593. The Hall–Kier alpha value is -0.490. The van der Waals surface area contributed by atoms with Crippen molar-refractivity contribution in [3.63, 3.8) is 0 Å². The van der Waals surface area contributed by atoms with Crippen molar-refractivity contribution >= 4 is 11.3 Å². The Morgan fingerprint density at radius 2 is 2.56 bits per heavy atom. The second-order valence-corrected chi connectivity index (χ2v) is 6.26. The molecule has 0 saturated carbocycles. The molecule has 3 rings (SSSR count). The van der Waals surface area contributed by atoms with Gasteiger partial charge in [-0.3, -0.25) is 4.90 Å². The minimum atomic E-state index is -0.433. The third kappa shape index (κ3) is 2.59. The molecular formula is C13H20N2O2S. The summed E-state index contributed by atoms with van der Waals surface area (Å²) in [6.45, 7) is 4.79. The number of ether oxygens (including phenoxy) is 1. The fourth-order valence-electron chi connectivity index (χ4n) is 2.88. The zero-order valence-corrected chi connectivity index (χ0v) is 11.5. The van der Waals surface area contributed by atoms with Crippen molar-refractivity contribution in [3.05, 3.63) is 16.1 Å². The molecular weight excluding hydrogens is 248 g/mol. The fraction of sp³-hybridized carbons (Fsp3) is 0.769. The minimum Gasteiger partial charge on any atom is -0.390 e. The lowest BCUT2D eigenvalue weighted by atomic mass is 10.1. The molecule has 4 nitrogen and oxygen atoms in total. The number of aliphatic hydroxyl groups is 1. The van der Waals surface area contributed by atoms with Gasteiger partial charge in [0.05, 0.1) is 23.8 Å². The van der Waals surface area contributed by atoms with E-state index in [2.05, 4.69) is 9.88 Å². The van der Waals surface area contributed by atoms with Gasteiger partial charge in [0.1, 0.15) is 0 Å². The summed E-state index contributed by atoms with van der Waals surface area (Å²) in [7, 11) is 0. The van der Waals surface area contributed by atoms with E-state index < -0.39 is 6.10 Å². The number of fused-ring (bicyclic) bond motifs is 1. The normalized spacial score (nSPS) is 30.3. The van der Waals surface area contributed by atoms with Crippen LogP contribution in [-0.2, 0) is 11.2 Å². The average Bonchev–Trinajstić information content (AvgIpc) is 2.96. The van der Waals surface area contributed by atoms with Crippen molar-refractivity contribution in [3.8, 4) is 0 Å². The second-order valence-electron chi connectivity index (χ2n) is 5.32. The summed E-state index contributed by atoms with van der Waals surface area (Å²) in [5, 5.41) is 13.3. The van der Waals surface area contributed by atoms with Crippen molar-refractivity contribution in [1.82, 2.24) is 9.88 Å². The molecule has 1 aromatic rings. The first-order valence-electron chi connectivity index (χ1n) is 6.67. The third-order valence-electron chi connectivity index (χ3n) is 3.90. The number of hydrogen-bond donors (Lipinski definition) is 1. The summed E-state index contributed by atoms with van der Waals surface area (Å²) in [4.78, 5) is 6.86. The van der Waals surface area contributed by atoms with Gasteiger partial charge in [-0.05, 0) is 26.3 Å². The molecule has 2 aliphatic rings. The van der Waals surface area contributed by atoms with Crippen LogP contribution in [0.15, 0.2) is 5.38 Å². The predicted molar refractivity (Wildman–Crippen MR) is 70.9 cm³/mol. The molecule has 2 aliphatic heterocycles. The summed E-state index contributed by atoms with van der Waals surface area (Å²) >= 11 is 1.62. The smallest absolute Gasteiger partial charge is 0.0965 e. The summed E-state index contributed by atoms with van der Waals surface area (Å²) in [6.07, 6.45) is 2.64. The van der Waals surface area contributed by atoms with Crippen LogP contribution in [0.1, 0.15) is 23.5 Å². The molecule has 100 valence electrons. The van der Waals surface area contributed by atoms with E-state index in [4.69, 9.17) is 4.74 Å². The monoisotopic (exact) mass is 268 g/mol. The van der Waals surface area contributed by atoms with Gasteiger partial charge < -0.3 is 9.84 Å². The number of aromatic nitrogens is 1. The van der Waals surface area contributed by atoms with E-state index in [1.165, 1.54) is 12.8 Å². The molecule has 0 aliphatic carbocycles. The molecule has 0 amide bonds. The number of thiazole rings is 1. The lowest BCUT2D eigenvalue weighted by Crippen LogP contribution is -2.50. The first-order chi connectivity index (χ1) is 8.72. The molecule has 0 radical (unpaired) electrons. The van der Waals surface area contributed by atoms with Crippen LogP contribution in [0.4, 0.5) is 0 Å². The lowest BCUT2D eigenvalue weighted by molar-refractivity contribution is -0.101. The molecule has 3 heterocycles. The van der Waals surface area contributed by atoms with E-state index in [0.717, 1.165) is 30.4 Å². The highest BCUT2D eigenvalue weighted by molar-refractivity contribution is 7.09. The van der Waals surface area contributed by atoms with E-state index in [-0.39, 0.29) is 6.10 Å². The maximum Gasteiger partial charge on any atom is 0.0965 e. The molecule has 2 saturated heterocycles. The average molecular weight is 268 g/mol. The second kappa shape index (κ2) is 5.25. The highest BCUT2D eigenvalue weighted by atomic mass is 32.1. The van der Waals surface area contributed by atoms with Gasteiger partial charge in [0.15, 0.2) is 0 Å². The Morgan fingerprint density at radius 1 is 1.67 bits per heavy atom. The molecule has 1 aromatic heterocycles. The van der Waals surface area contributed by atoms with Crippen LogP contribution >= 0.6 is 11.3 Å². The van der Waals surface area contributed by atoms with E-state index >= 15 is 0 Å². The van der Waals surface area contributed by atoms with Crippen LogP contribution < -0.4 is 0 Å². The number of aliphatic hydroxyl groups excluding tert-OH is 1. The Balaban J connectivity index is 1.57. The number of rotatable bonds is 3. The van der Waals surface area contributed by atoms with Gasteiger partial charge in [-0.2, -0.15) is 0 Å². The van der Waals surface area contributed by atoms with Gasteiger partial charge in [0.25, 0.3) is 0 Å². The zero-order valence-electron chi connectivity index (χ0n) is 10.7. The summed E-state index contributed by atoms with van der Waals surface area (Å²) in [5.74, 6) is 0. The Morgan fingerprint density at radius 3 is 3.33 bits per heavy atom. The quantitative estimate of drug-likeness (QED) is 0.895. The van der Waals surface area contributed by atoms with Gasteiger partial charge >= 0.3 is 0 Å². The van der Waals surface area contributed by atoms with Crippen LogP contribution in [0.25, 0.3) is 0 Å². The van der Waals surface area contributed by atoms with E-state index in [0.29, 0.717) is 12.5 Å². The topological polar surface area (TPSA) is 45.6 Å².